The third kappa shape index (κ3) is 4.23. The van der Waals surface area contributed by atoms with Crippen molar-refractivity contribution in [2.24, 2.45) is 5.92 Å². The average Bonchev–Trinajstić information content (AvgIpc) is 2.38. The molecule has 2 rings (SSSR count). The van der Waals surface area contributed by atoms with Gasteiger partial charge in [0.2, 0.25) is 0 Å². The minimum absolute atomic E-state index is 0.737. The van der Waals surface area contributed by atoms with Gasteiger partial charge in [-0.05, 0) is 58.3 Å². The summed E-state index contributed by atoms with van der Waals surface area (Å²) in [4.78, 5) is 5.14. The van der Waals surface area contributed by atoms with Crippen molar-refractivity contribution >= 4 is 0 Å². The van der Waals surface area contributed by atoms with E-state index in [9.17, 15) is 0 Å². The van der Waals surface area contributed by atoms with Crippen LogP contribution in [0.1, 0.15) is 32.6 Å². The number of hydrogen-bond acceptors (Lipinski definition) is 3. The van der Waals surface area contributed by atoms with Crippen LogP contribution in [-0.2, 0) is 0 Å². The fraction of sp³-hybridized carbons (Fsp3) is 1.00. The zero-order valence-electron chi connectivity index (χ0n) is 11.6. The molecule has 3 heteroatoms. The van der Waals surface area contributed by atoms with Crippen molar-refractivity contribution in [3.63, 3.8) is 0 Å². The second-order valence-corrected chi connectivity index (χ2v) is 5.90. The van der Waals surface area contributed by atoms with Crippen LogP contribution < -0.4 is 5.32 Å². The molecule has 1 N–H and O–H groups in total. The predicted octanol–water partition coefficient (Wildman–Crippen LogP) is 1.40. The van der Waals surface area contributed by atoms with Crippen LogP contribution in [-0.4, -0.2) is 62.2 Å². The third-order valence-electron chi connectivity index (χ3n) is 4.52. The van der Waals surface area contributed by atoms with E-state index in [1.807, 2.05) is 0 Å². The monoisotopic (exact) mass is 239 g/mol. The van der Waals surface area contributed by atoms with Crippen molar-refractivity contribution in [2.75, 3.05) is 46.3 Å². The van der Waals surface area contributed by atoms with E-state index in [1.165, 1.54) is 65.0 Å². The molecule has 0 bridgehead atoms. The molecule has 1 atom stereocenters. The van der Waals surface area contributed by atoms with E-state index < -0.39 is 0 Å². The van der Waals surface area contributed by atoms with Crippen LogP contribution in [0.5, 0.6) is 0 Å². The molecule has 2 aliphatic rings. The largest absolute Gasteiger partial charge is 0.311 e. The Hall–Kier alpha value is -0.120. The highest BCUT2D eigenvalue weighted by Crippen LogP contribution is 2.20. The molecule has 2 fully saturated rings. The van der Waals surface area contributed by atoms with Crippen LogP contribution in [0.15, 0.2) is 0 Å². The van der Waals surface area contributed by atoms with Crippen molar-refractivity contribution in [1.82, 2.24) is 15.1 Å². The van der Waals surface area contributed by atoms with E-state index in [4.69, 9.17) is 0 Å². The lowest BCUT2D eigenvalue weighted by Gasteiger charge is -2.35. The zero-order chi connectivity index (χ0) is 12.1. The maximum Gasteiger partial charge on any atom is 0.0192 e. The van der Waals surface area contributed by atoms with Gasteiger partial charge in [0.1, 0.15) is 0 Å². The van der Waals surface area contributed by atoms with Gasteiger partial charge < -0.3 is 15.1 Å². The maximum atomic E-state index is 3.59. The Labute approximate surface area is 107 Å². The molecular weight excluding hydrogens is 210 g/mol. The number of piperidine rings is 1. The molecule has 17 heavy (non-hydrogen) atoms. The summed E-state index contributed by atoms with van der Waals surface area (Å²) < 4.78 is 0. The van der Waals surface area contributed by atoms with Gasteiger partial charge in [0.15, 0.2) is 0 Å². The lowest BCUT2D eigenvalue weighted by Crippen LogP contribution is -2.50. The molecular formula is C14H29N3. The second-order valence-electron chi connectivity index (χ2n) is 5.90. The van der Waals surface area contributed by atoms with Gasteiger partial charge in [-0.1, -0.05) is 6.92 Å². The van der Waals surface area contributed by atoms with Gasteiger partial charge >= 0.3 is 0 Å². The SMILES string of the molecule is CCC1CN(CCC2CCN(C)CC2)CCN1. The lowest BCUT2D eigenvalue weighted by molar-refractivity contribution is 0.160. The Kier molecular flexibility index (Phi) is 5.26. The summed E-state index contributed by atoms with van der Waals surface area (Å²) in [7, 11) is 2.25. The van der Waals surface area contributed by atoms with E-state index in [1.54, 1.807) is 0 Å². The summed E-state index contributed by atoms with van der Waals surface area (Å²) >= 11 is 0. The van der Waals surface area contributed by atoms with Gasteiger partial charge in [0.25, 0.3) is 0 Å². The molecule has 0 aliphatic carbocycles. The normalized spacial score (nSPS) is 29.6. The minimum Gasteiger partial charge on any atom is -0.311 e. The van der Waals surface area contributed by atoms with E-state index >= 15 is 0 Å². The first kappa shape index (κ1) is 13.3. The smallest absolute Gasteiger partial charge is 0.0192 e. The third-order valence-corrected chi connectivity index (χ3v) is 4.52. The van der Waals surface area contributed by atoms with Gasteiger partial charge in [0.05, 0.1) is 0 Å². The Morgan fingerprint density at radius 3 is 2.65 bits per heavy atom. The molecule has 0 aromatic carbocycles. The molecule has 0 aromatic rings. The fourth-order valence-electron chi connectivity index (χ4n) is 3.09. The number of nitrogens with zero attached hydrogens (tertiary/aromatic N) is 2. The molecule has 2 heterocycles. The number of rotatable bonds is 4. The van der Waals surface area contributed by atoms with Crippen LogP contribution in [0.3, 0.4) is 0 Å². The summed E-state index contributed by atoms with van der Waals surface area (Å²) in [5, 5.41) is 3.59. The molecule has 3 nitrogen and oxygen atoms in total. The van der Waals surface area contributed by atoms with Crippen LogP contribution in [0, 0.1) is 5.92 Å². The molecule has 100 valence electrons. The standard InChI is InChI=1S/C14H29N3/c1-3-14-12-17(11-7-15-14)10-6-13-4-8-16(2)9-5-13/h13-15H,3-12H2,1-2H3. The minimum atomic E-state index is 0.737. The summed E-state index contributed by atoms with van der Waals surface area (Å²) in [5.74, 6) is 0.987. The molecule has 0 radical (unpaired) electrons. The summed E-state index contributed by atoms with van der Waals surface area (Å²) in [6.45, 7) is 9.94. The van der Waals surface area contributed by atoms with Crippen LogP contribution >= 0.6 is 0 Å². The first-order valence-corrected chi connectivity index (χ1v) is 7.42. The first-order valence-electron chi connectivity index (χ1n) is 7.42. The highest BCUT2D eigenvalue weighted by molar-refractivity contribution is 4.78. The number of nitrogens with one attached hydrogen (secondary N) is 1. The topological polar surface area (TPSA) is 18.5 Å². The summed E-state index contributed by atoms with van der Waals surface area (Å²) in [5.41, 5.74) is 0. The molecule has 0 aromatic heterocycles. The van der Waals surface area contributed by atoms with E-state index in [-0.39, 0.29) is 0 Å². The molecule has 2 saturated heterocycles. The van der Waals surface area contributed by atoms with Gasteiger partial charge in [-0.2, -0.15) is 0 Å². The van der Waals surface area contributed by atoms with Gasteiger partial charge in [-0.15, -0.1) is 0 Å². The summed E-state index contributed by atoms with van der Waals surface area (Å²) in [6, 6.07) is 0.737. The van der Waals surface area contributed by atoms with Crippen molar-refractivity contribution < 1.29 is 0 Å². The Balaban J connectivity index is 1.64. The van der Waals surface area contributed by atoms with Crippen molar-refractivity contribution in [2.45, 2.75) is 38.6 Å². The zero-order valence-corrected chi connectivity index (χ0v) is 11.6. The predicted molar refractivity (Wildman–Crippen MR) is 73.4 cm³/mol. The number of piperazine rings is 1. The highest BCUT2D eigenvalue weighted by atomic mass is 15.2. The van der Waals surface area contributed by atoms with Gasteiger partial charge in [-0.3, -0.25) is 0 Å². The second kappa shape index (κ2) is 6.72. The maximum absolute atomic E-state index is 3.59. The summed E-state index contributed by atoms with van der Waals surface area (Å²) in [6.07, 6.45) is 5.52. The van der Waals surface area contributed by atoms with Crippen LogP contribution in [0.2, 0.25) is 0 Å². The molecule has 0 amide bonds. The van der Waals surface area contributed by atoms with Crippen molar-refractivity contribution in [3.05, 3.63) is 0 Å². The first-order chi connectivity index (χ1) is 8.28. The van der Waals surface area contributed by atoms with Gasteiger partial charge in [0, 0.05) is 25.7 Å². The number of likely N-dealkylation sites (tertiary alicyclic amines) is 1. The Morgan fingerprint density at radius 1 is 1.18 bits per heavy atom. The van der Waals surface area contributed by atoms with Crippen LogP contribution in [0.25, 0.3) is 0 Å². The van der Waals surface area contributed by atoms with Crippen LogP contribution in [0.4, 0.5) is 0 Å². The Bertz CT molecular complexity index is 212. The Morgan fingerprint density at radius 2 is 1.94 bits per heavy atom. The molecule has 0 saturated carbocycles. The molecule has 1 unspecified atom stereocenters. The van der Waals surface area contributed by atoms with Crippen molar-refractivity contribution in [1.29, 1.82) is 0 Å². The highest BCUT2D eigenvalue weighted by Gasteiger charge is 2.20. The van der Waals surface area contributed by atoms with Gasteiger partial charge in [-0.25, -0.2) is 0 Å². The van der Waals surface area contributed by atoms with E-state index in [0.29, 0.717) is 0 Å². The molecule has 0 spiro atoms. The lowest BCUT2D eigenvalue weighted by atomic mass is 9.93. The molecule has 2 aliphatic heterocycles. The average molecular weight is 239 g/mol. The number of hydrogen-bond donors (Lipinski definition) is 1. The quantitative estimate of drug-likeness (QED) is 0.800. The fourth-order valence-corrected chi connectivity index (χ4v) is 3.09. The van der Waals surface area contributed by atoms with Crippen molar-refractivity contribution in [3.8, 4) is 0 Å². The van der Waals surface area contributed by atoms with E-state index in [0.717, 1.165) is 12.0 Å². The van der Waals surface area contributed by atoms with E-state index in [2.05, 4.69) is 29.1 Å².